The number of aromatic nitrogens is 2. The molecule has 1 atom stereocenters. The van der Waals surface area contributed by atoms with E-state index in [2.05, 4.69) is 40.1 Å². The SMILES string of the molecule is CCC(N)Cc1ccc(OCCn2cccn2)c(Br)c1. The summed E-state index contributed by atoms with van der Waals surface area (Å²) < 4.78 is 8.58. The Hall–Kier alpha value is -1.33. The number of hydrogen-bond acceptors (Lipinski definition) is 3. The van der Waals surface area contributed by atoms with Crippen molar-refractivity contribution in [2.24, 2.45) is 5.73 Å². The summed E-state index contributed by atoms with van der Waals surface area (Å²) in [6.45, 7) is 3.43. The molecule has 2 aromatic rings. The van der Waals surface area contributed by atoms with Gasteiger partial charge in [0.05, 0.1) is 11.0 Å². The van der Waals surface area contributed by atoms with Crippen molar-refractivity contribution in [3.63, 3.8) is 0 Å². The summed E-state index contributed by atoms with van der Waals surface area (Å²) >= 11 is 3.55. The minimum atomic E-state index is 0.216. The first-order valence-electron chi connectivity index (χ1n) is 6.83. The van der Waals surface area contributed by atoms with Gasteiger partial charge in [-0.2, -0.15) is 5.10 Å². The maximum atomic E-state index is 5.97. The Morgan fingerprint density at radius 2 is 2.30 bits per heavy atom. The average molecular weight is 338 g/mol. The Kier molecular flexibility index (Phi) is 5.61. The van der Waals surface area contributed by atoms with E-state index in [1.807, 2.05) is 23.0 Å². The molecule has 0 spiro atoms. The molecule has 0 saturated carbocycles. The number of nitrogens with zero attached hydrogens (tertiary/aromatic N) is 2. The van der Waals surface area contributed by atoms with E-state index >= 15 is 0 Å². The second kappa shape index (κ2) is 7.45. The highest BCUT2D eigenvalue weighted by molar-refractivity contribution is 9.10. The van der Waals surface area contributed by atoms with Crippen molar-refractivity contribution in [3.8, 4) is 5.75 Å². The molecule has 0 radical (unpaired) electrons. The van der Waals surface area contributed by atoms with Crippen molar-refractivity contribution in [3.05, 3.63) is 46.7 Å². The summed E-state index contributed by atoms with van der Waals surface area (Å²) in [5.74, 6) is 0.853. The number of nitrogens with two attached hydrogens (primary N) is 1. The first-order valence-corrected chi connectivity index (χ1v) is 7.62. The van der Waals surface area contributed by atoms with Gasteiger partial charge in [0.2, 0.25) is 0 Å². The van der Waals surface area contributed by atoms with Crippen molar-refractivity contribution in [1.82, 2.24) is 9.78 Å². The molecule has 1 aromatic heterocycles. The van der Waals surface area contributed by atoms with Gasteiger partial charge in [-0.1, -0.05) is 13.0 Å². The third kappa shape index (κ3) is 4.35. The predicted octanol–water partition coefficient (Wildman–Crippen LogP) is 3.00. The van der Waals surface area contributed by atoms with Crippen LogP contribution in [0.3, 0.4) is 0 Å². The van der Waals surface area contributed by atoms with E-state index in [4.69, 9.17) is 10.5 Å². The maximum Gasteiger partial charge on any atom is 0.133 e. The average Bonchev–Trinajstić information content (AvgIpc) is 2.94. The lowest BCUT2D eigenvalue weighted by atomic mass is 10.0. The molecule has 1 aromatic carbocycles. The fourth-order valence-corrected chi connectivity index (χ4v) is 2.46. The van der Waals surface area contributed by atoms with E-state index < -0.39 is 0 Å². The molecular weight excluding hydrogens is 318 g/mol. The second-order valence-electron chi connectivity index (χ2n) is 4.75. The smallest absolute Gasteiger partial charge is 0.133 e. The molecule has 2 N–H and O–H groups in total. The number of rotatable bonds is 7. The quantitative estimate of drug-likeness (QED) is 0.844. The summed E-state index contributed by atoms with van der Waals surface area (Å²) in [6, 6.07) is 8.27. The van der Waals surface area contributed by atoms with Crippen molar-refractivity contribution in [2.45, 2.75) is 32.4 Å². The summed E-state index contributed by atoms with van der Waals surface area (Å²) in [4.78, 5) is 0. The van der Waals surface area contributed by atoms with Crippen molar-refractivity contribution in [2.75, 3.05) is 6.61 Å². The summed E-state index contributed by atoms with van der Waals surface area (Å²) in [5.41, 5.74) is 7.20. The van der Waals surface area contributed by atoms with Crippen LogP contribution in [-0.4, -0.2) is 22.4 Å². The largest absolute Gasteiger partial charge is 0.490 e. The number of halogens is 1. The molecule has 20 heavy (non-hydrogen) atoms. The lowest BCUT2D eigenvalue weighted by Gasteiger charge is -2.12. The first-order chi connectivity index (χ1) is 9.69. The molecule has 0 aliphatic carbocycles. The first kappa shape index (κ1) is 15.1. The van der Waals surface area contributed by atoms with Crippen LogP contribution in [0, 0.1) is 0 Å². The predicted molar refractivity (Wildman–Crippen MR) is 83.8 cm³/mol. The monoisotopic (exact) mass is 337 g/mol. The van der Waals surface area contributed by atoms with Crippen molar-refractivity contribution < 1.29 is 4.74 Å². The van der Waals surface area contributed by atoms with Gasteiger partial charge in [0, 0.05) is 18.4 Å². The van der Waals surface area contributed by atoms with Gasteiger partial charge in [0.15, 0.2) is 0 Å². The molecule has 1 unspecified atom stereocenters. The second-order valence-corrected chi connectivity index (χ2v) is 5.61. The minimum Gasteiger partial charge on any atom is -0.490 e. The van der Waals surface area contributed by atoms with Gasteiger partial charge in [-0.15, -0.1) is 0 Å². The summed E-state index contributed by atoms with van der Waals surface area (Å²) in [5, 5.41) is 4.14. The van der Waals surface area contributed by atoms with Crippen LogP contribution in [0.4, 0.5) is 0 Å². The van der Waals surface area contributed by atoms with E-state index in [0.29, 0.717) is 6.61 Å². The molecule has 0 aliphatic rings. The molecule has 0 fully saturated rings. The Labute approximate surface area is 128 Å². The topological polar surface area (TPSA) is 53.1 Å². The zero-order valence-corrected chi connectivity index (χ0v) is 13.2. The third-order valence-corrected chi connectivity index (χ3v) is 3.78. The highest BCUT2D eigenvalue weighted by Crippen LogP contribution is 2.26. The number of ether oxygens (including phenoxy) is 1. The Morgan fingerprint density at radius 1 is 1.45 bits per heavy atom. The van der Waals surface area contributed by atoms with Crippen LogP contribution < -0.4 is 10.5 Å². The van der Waals surface area contributed by atoms with Crippen LogP contribution in [-0.2, 0) is 13.0 Å². The van der Waals surface area contributed by atoms with E-state index in [1.54, 1.807) is 6.20 Å². The zero-order chi connectivity index (χ0) is 14.4. The fraction of sp³-hybridized carbons (Fsp3) is 0.400. The van der Waals surface area contributed by atoms with Gasteiger partial charge in [-0.05, 0) is 52.5 Å². The molecule has 0 aliphatic heterocycles. The number of hydrogen-bond donors (Lipinski definition) is 1. The van der Waals surface area contributed by atoms with Crippen LogP contribution in [0.5, 0.6) is 5.75 Å². The Morgan fingerprint density at radius 3 is 2.95 bits per heavy atom. The van der Waals surface area contributed by atoms with Gasteiger partial charge in [0.25, 0.3) is 0 Å². The van der Waals surface area contributed by atoms with E-state index in [-0.39, 0.29) is 6.04 Å². The van der Waals surface area contributed by atoms with Crippen LogP contribution in [0.25, 0.3) is 0 Å². The van der Waals surface area contributed by atoms with Crippen LogP contribution >= 0.6 is 15.9 Å². The van der Waals surface area contributed by atoms with E-state index in [0.717, 1.165) is 29.6 Å². The normalized spacial score (nSPS) is 12.3. The minimum absolute atomic E-state index is 0.216. The summed E-state index contributed by atoms with van der Waals surface area (Å²) in [6.07, 6.45) is 5.57. The zero-order valence-electron chi connectivity index (χ0n) is 11.6. The maximum absolute atomic E-state index is 5.97. The molecule has 5 heteroatoms. The molecule has 2 rings (SSSR count). The summed E-state index contributed by atoms with van der Waals surface area (Å²) in [7, 11) is 0. The third-order valence-electron chi connectivity index (χ3n) is 3.16. The van der Waals surface area contributed by atoms with Crippen molar-refractivity contribution >= 4 is 15.9 Å². The molecule has 108 valence electrons. The van der Waals surface area contributed by atoms with E-state index in [9.17, 15) is 0 Å². The van der Waals surface area contributed by atoms with Gasteiger partial charge < -0.3 is 10.5 Å². The lowest BCUT2D eigenvalue weighted by Crippen LogP contribution is -2.21. The van der Waals surface area contributed by atoms with Crippen LogP contribution in [0.1, 0.15) is 18.9 Å². The molecule has 1 heterocycles. The molecule has 0 saturated heterocycles. The Bertz CT molecular complexity index is 528. The number of benzene rings is 1. The molecule has 4 nitrogen and oxygen atoms in total. The van der Waals surface area contributed by atoms with Gasteiger partial charge >= 0.3 is 0 Å². The van der Waals surface area contributed by atoms with Crippen LogP contribution in [0.15, 0.2) is 41.1 Å². The highest BCUT2D eigenvalue weighted by atomic mass is 79.9. The molecular formula is C15H20BrN3O. The Balaban J connectivity index is 1.88. The van der Waals surface area contributed by atoms with Gasteiger partial charge in [-0.25, -0.2) is 0 Å². The molecule has 0 bridgehead atoms. The lowest BCUT2D eigenvalue weighted by molar-refractivity contribution is 0.289. The fourth-order valence-electron chi connectivity index (χ4n) is 1.92. The van der Waals surface area contributed by atoms with Crippen molar-refractivity contribution in [1.29, 1.82) is 0 Å². The van der Waals surface area contributed by atoms with E-state index in [1.165, 1.54) is 5.56 Å². The van der Waals surface area contributed by atoms with Gasteiger partial charge in [-0.3, -0.25) is 4.68 Å². The standard InChI is InChI=1S/C15H20BrN3O/c1-2-13(17)10-12-4-5-15(14(16)11-12)20-9-8-19-7-3-6-18-19/h3-7,11,13H,2,8-10,17H2,1H3. The molecule has 0 amide bonds. The highest BCUT2D eigenvalue weighted by Gasteiger charge is 2.06. The van der Waals surface area contributed by atoms with Gasteiger partial charge in [0.1, 0.15) is 12.4 Å². The van der Waals surface area contributed by atoms with Crippen LogP contribution in [0.2, 0.25) is 0 Å².